The normalized spacial score (nSPS) is 16.5. The minimum Gasteiger partial charge on any atom is -0.478 e. The summed E-state index contributed by atoms with van der Waals surface area (Å²) in [6.07, 6.45) is 2.95. The van der Waals surface area contributed by atoms with Crippen LogP contribution in [0.5, 0.6) is 0 Å². The number of rotatable bonds is 4. The van der Waals surface area contributed by atoms with Gasteiger partial charge in [-0.05, 0) is 25.0 Å². The fourth-order valence-corrected chi connectivity index (χ4v) is 4.13. The second kappa shape index (κ2) is 5.38. The fourth-order valence-electron chi connectivity index (χ4n) is 2.23. The largest absolute Gasteiger partial charge is 0.478 e. The van der Waals surface area contributed by atoms with E-state index in [9.17, 15) is 13.2 Å². The Balaban J connectivity index is 2.35. The molecule has 1 aliphatic carbocycles. The summed E-state index contributed by atoms with van der Waals surface area (Å²) in [5.41, 5.74) is -0.197. The number of sulfonamides is 1. The third-order valence-electron chi connectivity index (χ3n) is 3.23. The molecule has 1 fully saturated rings. The highest BCUT2D eigenvalue weighted by molar-refractivity contribution is 7.93. The molecule has 0 saturated heterocycles. The molecule has 0 amide bonds. The standard InChI is InChI=1S/C12H14ClNO4S/c13-10-7-3-6-9(12(15)16)11(10)14-19(17,18)8-4-1-2-5-8/h3,6-8,14H,1-2,4-5H2,(H,15,16). The Labute approximate surface area is 116 Å². The van der Waals surface area contributed by atoms with Crippen LogP contribution in [0, 0.1) is 0 Å². The highest BCUT2D eigenvalue weighted by Crippen LogP contribution is 2.31. The summed E-state index contributed by atoms with van der Waals surface area (Å²) >= 11 is 5.90. The number of hydrogen-bond acceptors (Lipinski definition) is 3. The third kappa shape index (κ3) is 3.01. The summed E-state index contributed by atoms with van der Waals surface area (Å²) < 4.78 is 26.7. The van der Waals surface area contributed by atoms with E-state index in [1.807, 2.05) is 0 Å². The summed E-state index contributed by atoms with van der Waals surface area (Å²) in [4.78, 5) is 11.1. The molecule has 0 aromatic heterocycles. The van der Waals surface area contributed by atoms with Crippen LogP contribution >= 0.6 is 11.6 Å². The van der Waals surface area contributed by atoms with Crippen molar-refractivity contribution in [2.75, 3.05) is 4.72 Å². The van der Waals surface area contributed by atoms with Gasteiger partial charge in [-0.15, -0.1) is 0 Å². The number of para-hydroxylation sites is 1. The summed E-state index contributed by atoms with van der Waals surface area (Å²) in [6.45, 7) is 0. The van der Waals surface area contributed by atoms with E-state index < -0.39 is 21.2 Å². The lowest BCUT2D eigenvalue weighted by Gasteiger charge is -2.15. The zero-order chi connectivity index (χ0) is 14.0. The Kier molecular flexibility index (Phi) is 4.01. The van der Waals surface area contributed by atoms with Gasteiger partial charge in [0, 0.05) is 0 Å². The van der Waals surface area contributed by atoms with E-state index in [1.54, 1.807) is 0 Å². The van der Waals surface area contributed by atoms with E-state index in [0.29, 0.717) is 12.8 Å². The van der Waals surface area contributed by atoms with Gasteiger partial charge < -0.3 is 5.11 Å². The molecule has 1 saturated carbocycles. The number of aromatic carboxylic acids is 1. The van der Waals surface area contributed by atoms with Crippen molar-refractivity contribution in [1.82, 2.24) is 0 Å². The van der Waals surface area contributed by atoms with Crippen LogP contribution < -0.4 is 4.72 Å². The average molecular weight is 304 g/mol. The molecule has 5 nitrogen and oxygen atoms in total. The Morgan fingerprint density at radius 1 is 1.32 bits per heavy atom. The first-order valence-electron chi connectivity index (χ1n) is 5.95. The number of carboxylic acids is 1. The molecule has 2 N–H and O–H groups in total. The van der Waals surface area contributed by atoms with Crippen LogP contribution in [0.1, 0.15) is 36.0 Å². The van der Waals surface area contributed by atoms with Gasteiger partial charge in [-0.2, -0.15) is 0 Å². The molecule has 0 spiro atoms. The van der Waals surface area contributed by atoms with Gasteiger partial charge in [0.1, 0.15) is 0 Å². The maximum atomic E-state index is 12.2. The van der Waals surface area contributed by atoms with Crippen LogP contribution in [-0.4, -0.2) is 24.7 Å². The van der Waals surface area contributed by atoms with E-state index in [4.69, 9.17) is 16.7 Å². The van der Waals surface area contributed by atoms with Crippen LogP contribution in [0.2, 0.25) is 5.02 Å². The highest BCUT2D eigenvalue weighted by atomic mass is 35.5. The Morgan fingerprint density at radius 2 is 1.95 bits per heavy atom. The van der Waals surface area contributed by atoms with Crippen molar-refractivity contribution in [2.45, 2.75) is 30.9 Å². The average Bonchev–Trinajstić information content (AvgIpc) is 2.85. The second-order valence-corrected chi connectivity index (χ2v) is 6.89. The molecule has 1 aromatic rings. The zero-order valence-corrected chi connectivity index (χ0v) is 11.7. The number of anilines is 1. The monoisotopic (exact) mass is 303 g/mol. The second-order valence-electron chi connectivity index (χ2n) is 4.52. The van der Waals surface area contributed by atoms with Gasteiger partial charge in [0.15, 0.2) is 0 Å². The van der Waals surface area contributed by atoms with Crippen molar-refractivity contribution < 1.29 is 18.3 Å². The molecule has 0 atom stereocenters. The lowest BCUT2D eigenvalue weighted by molar-refractivity contribution is 0.0698. The van der Waals surface area contributed by atoms with Crippen molar-refractivity contribution in [3.8, 4) is 0 Å². The molecule has 0 unspecified atom stereocenters. The van der Waals surface area contributed by atoms with Crippen LogP contribution in [0.4, 0.5) is 5.69 Å². The molecule has 104 valence electrons. The smallest absolute Gasteiger partial charge is 0.337 e. The molecule has 1 aromatic carbocycles. The summed E-state index contributed by atoms with van der Waals surface area (Å²) in [7, 11) is -3.59. The first-order valence-corrected chi connectivity index (χ1v) is 7.87. The number of hydrogen-bond donors (Lipinski definition) is 2. The van der Waals surface area contributed by atoms with E-state index in [0.717, 1.165) is 12.8 Å². The molecule has 0 bridgehead atoms. The maximum absolute atomic E-state index is 12.2. The van der Waals surface area contributed by atoms with Crippen molar-refractivity contribution in [2.24, 2.45) is 0 Å². The van der Waals surface area contributed by atoms with Gasteiger partial charge >= 0.3 is 5.97 Å². The molecular formula is C12H14ClNO4S. The van der Waals surface area contributed by atoms with Crippen LogP contribution in [0.25, 0.3) is 0 Å². The van der Waals surface area contributed by atoms with E-state index in [-0.39, 0.29) is 16.3 Å². The molecule has 19 heavy (non-hydrogen) atoms. The SMILES string of the molecule is O=C(O)c1cccc(Cl)c1NS(=O)(=O)C1CCCC1. The first-order chi connectivity index (χ1) is 8.92. The minimum absolute atomic E-state index is 0.0523. The predicted octanol–water partition coefficient (Wildman–Crippen LogP) is 2.72. The molecule has 2 rings (SSSR count). The van der Waals surface area contributed by atoms with Gasteiger partial charge in [0.25, 0.3) is 0 Å². The summed E-state index contributed by atoms with van der Waals surface area (Å²) in [6, 6.07) is 4.25. The molecule has 1 aliphatic rings. The number of halogens is 1. The number of nitrogens with one attached hydrogen (secondary N) is 1. The van der Waals surface area contributed by atoms with Gasteiger partial charge in [-0.3, -0.25) is 4.72 Å². The van der Waals surface area contributed by atoms with E-state index in [2.05, 4.69) is 4.72 Å². The predicted molar refractivity (Wildman–Crippen MR) is 73.2 cm³/mol. The van der Waals surface area contributed by atoms with Crippen molar-refractivity contribution in [3.05, 3.63) is 28.8 Å². The van der Waals surface area contributed by atoms with Crippen molar-refractivity contribution >= 4 is 33.3 Å². The number of carboxylic acid groups (broad SMARTS) is 1. The number of benzene rings is 1. The quantitative estimate of drug-likeness (QED) is 0.896. The van der Waals surface area contributed by atoms with Crippen molar-refractivity contribution in [3.63, 3.8) is 0 Å². The Hall–Kier alpha value is -1.27. The summed E-state index contributed by atoms with van der Waals surface area (Å²) in [5.74, 6) is -1.22. The fraction of sp³-hybridized carbons (Fsp3) is 0.417. The third-order valence-corrected chi connectivity index (χ3v) is 5.38. The molecule has 0 heterocycles. The highest BCUT2D eigenvalue weighted by Gasteiger charge is 2.30. The topological polar surface area (TPSA) is 83.5 Å². The molecular weight excluding hydrogens is 290 g/mol. The minimum atomic E-state index is -3.59. The van der Waals surface area contributed by atoms with Gasteiger partial charge in [-0.25, -0.2) is 13.2 Å². The molecule has 7 heteroatoms. The van der Waals surface area contributed by atoms with Crippen LogP contribution in [0.3, 0.4) is 0 Å². The molecule has 0 radical (unpaired) electrons. The van der Waals surface area contributed by atoms with Gasteiger partial charge in [0.2, 0.25) is 10.0 Å². The van der Waals surface area contributed by atoms with Crippen LogP contribution in [0.15, 0.2) is 18.2 Å². The maximum Gasteiger partial charge on any atom is 0.337 e. The Bertz CT molecular complexity index is 594. The van der Waals surface area contributed by atoms with Gasteiger partial charge in [-0.1, -0.05) is 30.5 Å². The zero-order valence-electron chi connectivity index (χ0n) is 10.1. The molecule has 0 aliphatic heterocycles. The van der Waals surface area contributed by atoms with Gasteiger partial charge in [0.05, 0.1) is 21.5 Å². The Morgan fingerprint density at radius 3 is 2.53 bits per heavy atom. The van der Waals surface area contributed by atoms with Crippen molar-refractivity contribution in [1.29, 1.82) is 0 Å². The first kappa shape index (κ1) is 14.1. The van der Waals surface area contributed by atoms with E-state index in [1.165, 1.54) is 18.2 Å². The lowest BCUT2D eigenvalue weighted by atomic mass is 10.2. The summed E-state index contributed by atoms with van der Waals surface area (Å²) in [5, 5.41) is 8.68. The van der Waals surface area contributed by atoms with Crippen LogP contribution in [-0.2, 0) is 10.0 Å². The van der Waals surface area contributed by atoms with E-state index >= 15 is 0 Å². The number of carbonyl (C=O) groups is 1. The lowest BCUT2D eigenvalue weighted by Crippen LogP contribution is -2.26.